The number of phenols is 1. The van der Waals surface area contributed by atoms with E-state index in [0.29, 0.717) is 5.56 Å². The van der Waals surface area contributed by atoms with Gasteiger partial charge in [0.05, 0.1) is 21.5 Å². The molecular formula is C14H7Cl5O3. The SMILES string of the molecule is O=C(Cc1ccc(O)cc1)Oc1c(Cl)c(Cl)c(Cl)c(Cl)c1Cl. The molecule has 0 saturated heterocycles. The quantitative estimate of drug-likeness (QED) is 0.306. The van der Waals surface area contributed by atoms with Crippen LogP contribution in [0.2, 0.25) is 25.1 Å². The highest BCUT2D eigenvalue weighted by Crippen LogP contribution is 2.48. The van der Waals surface area contributed by atoms with E-state index in [9.17, 15) is 9.90 Å². The van der Waals surface area contributed by atoms with Crippen LogP contribution >= 0.6 is 58.0 Å². The summed E-state index contributed by atoms with van der Waals surface area (Å²) in [5.74, 6) is -0.671. The summed E-state index contributed by atoms with van der Waals surface area (Å²) in [5.41, 5.74) is 0.640. The molecule has 0 aliphatic heterocycles. The monoisotopic (exact) mass is 398 g/mol. The molecule has 2 aromatic carbocycles. The highest BCUT2D eigenvalue weighted by atomic mass is 35.5. The lowest BCUT2D eigenvalue weighted by Gasteiger charge is -2.12. The van der Waals surface area contributed by atoms with Gasteiger partial charge in [-0.3, -0.25) is 4.79 Å². The number of esters is 1. The number of carbonyl (C=O) groups excluding carboxylic acids is 1. The lowest BCUT2D eigenvalue weighted by Crippen LogP contribution is -2.12. The van der Waals surface area contributed by atoms with Gasteiger partial charge in [-0.05, 0) is 17.7 Å². The van der Waals surface area contributed by atoms with Gasteiger partial charge in [0.15, 0.2) is 5.75 Å². The number of carbonyl (C=O) groups is 1. The van der Waals surface area contributed by atoms with Gasteiger partial charge in [0.1, 0.15) is 15.8 Å². The number of aromatic hydroxyl groups is 1. The Morgan fingerprint density at radius 3 is 1.82 bits per heavy atom. The molecule has 0 aliphatic rings. The lowest BCUT2D eigenvalue weighted by atomic mass is 10.1. The Labute approximate surface area is 151 Å². The topological polar surface area (TPSA) is 46.5 Å². The lowest BCUT2D eigenvalue weighted by molar-refractivity contribution is -0.133. The van der Waals surface area contributed by atoms with Gasteiger partial charge < -0.3 is 9.84 Å². The number of benzene rings is 2. The molecule has 0 unspecified atom stereocenters. The maximum absolute atomic E-state index is 12.0. The van der Waals surface area contributed by atoms with Crippen LogP contribution in [0.25, 0.3) is 0 Å². The van der Waals surface area contributed by atoms with Crippen LogP contribution in [0.15, 0.2) is 24.3 Å². The van der Waals surface area contributed by atoms with Gasteiger partial charge in [-0.15, -0.1) is 0 Å². The minimum atomic E-state index is -0.621. The molecule has 0 heterocycles. The van der Waals surface area contributed by atoms with E-state index >= 15 is 0 Å². The van der Waals surface area contributed by atoms with Crippen molar-refractivity contribution in [3.05, 3.63) is 54.9 Å². The first-order chi connectivity index (χ1) is 10.3. The fraction of sp³-hybridized carbons (Fsp3) is 0.0714. The number of phenolic OH excluding ortho intramolecular Hbond substituents is 1. The molecule has 116 valence electrons. The van der Waals surface area contributed by atoms with Crippen molar-refractivity contribution in [2.75, 3.05) is 0 Å². The van der Waals surface area contributed by atoms with Crippen molar-refractivity contribution in [2.45, 2.75) is 6.42 Å². The molecule has 0 aliphatic carbocycles. The average Bonchev–Trinajstić information content (AvgIpc) is 2.50. The zero-order valence-electron chi connectivity index (χ0n) is 10.7. The average molecular weight is 400 g/mol. The van der Waals surface area contributed by atoms with Crippen LogP contribution < -0.4 is 4.74 Å². The van der Waals surface area contributed by atoms with E-state index in [1.54, 1.807) is 12.1 Å². The summed E-state index contributed by atoms with van der Waals surface area (Å²) in [6, 6.07) is 6.08. The van der Waals surface area contributed by atoms with E-state index in [2.05, 4.69) is 0 Å². The Balaban J connectivity index is 2.24. The van der Waals surface area contributed by atoms with Crippen LogP contribution in [0.1, 0.15) is 5.56 Å². The molecule has 8 heteroatoms. The molecule has 0 atom stereocenters. The first kappa shape index (κ1) is 17.5. The molecule has 22 heavy (non-hydrogen) atoms. The smallest absolute Gasteiger partial charge is 0.315 e. The van der Waals surface area contributed by atoms with E-state index < -0.39 is 5.97 Å². The van der Waals surface area contributed by atoms with E-state index in [1.165, 1.54) is 12.1 Å². The molecule has 1 N–H and O–H groups in total. The maximum atomic E-state index is 12.0. The second-order valence-electron chi connectivity index (χ2n) is 4.22. The standard InChI is InChI=1S/C14H7Cl5O3/c15-9-10(16)12(18)14(13(19)11(9)17)22-8(21)5-6-1-3-7(20)4-2-6/h1-4,20H,5H2. The summed E-state index contributed by atoms with van der Waals surface area (Å²) < 4.78 is 5.13. The van der Waals surface area contributed by atoms with Gasteiger partial charge in [-0.1, -0.05) is 70.1 Å². The van der Waals surface area contributed by atoms with Crippen molar-refractivity contribution >= 4 is 64.0 Å². The van der Waals surface area contributed by atoms with Gasteiger partial charge in [0.2, 0.25) is 0 Å². The van der Waals surface area contributed by atoms with E-state index in [1.807, 2.05) is 0 Å². The predicted molar refractivity (Wildman–Crippen MR) is 88.9 cm³/mol. The summed E-state index contributed by atoms with van der Waals surface area (Å²) in [6.45, 7) is 0. The Morgan fingerprint density at radius 1 is 0.864 bits per heavy atom. The van der Waals surface area contributed by atoms with Gasteiger partial charge in [-0.25, -0.2) is 0 Å². The summed E-state index contributed by atoms with van der Waals surface area (Å²) in [4.78, 5) is 12.0. The van der Waals surface area contributed by atoms with Crippen molar-refractivity contribution in [3.8, 4) is 11.5 Å². The largest absolute Gasteiger partial charge is 0.508 e. The van der Waals surface area contributed by atoms with E-state index in [0.717, 1.165) is 0 Å². The van der Waals surface area contributed by atoms with E-state index in [-0.39, 0.29) is 43.0 Å². The van der Waals surface area contributed by atoms with Crippen LogP contribution in [-0.2, 0) is 11.2 Å². The molecule has 2 rings (SSSR count). The molecule has 0 aromatic heterocycles. The van der Waals surface area contributed by atoms with Gasteiger partial charge >= 0.3 is 5.97 Å². The van der Waals surface area contributed by atoms with Gasteiger partial charge in [0.25, 0.3) is 0 Å². The molecule has 2 aromatic rings. The van der Waals surface area contributed by atoms with Gasteiger partial charge in [0, 0.05) is 0 Å². The Hall–Kier alpha value is -0.840. The molecular weight excluding hydrogens is 393 g/mol. The third kappa shape index (κ3) is 3.73. The molecule has 0 fully saturated rings. The normalized spacial score (nSPS) is 10.6. The number of ether oxygens (including phenoxy) is 1. The second-order valence-corrected chi connectivity index (χ2v) is 6.11. The summed E-state index contributed by atoms with van der Waals surface area (Å²) in [5, 5.41) is 8.88. The highest BCUT2D eigenvalue weighted by molar-refractivity contribution is 6.55. The highest BCUT2D eigenvalue weighted by Gasteiger charge is 2.22. The predicted octanol–water partition coefficient (Wildman–Crippen LogP) is 5.81. The van der Waals surface area contributed by atoms with Crippen molar-refractivity contribution in [1.29, 1.82) is 0 Å². The zero-order valence-corrected chi connectivity index (χ0v) is 14.4. The van der Waals surface area contributed by atoms with Crippen LogP contribution in [0.4, 0.5) is 0 Å². The molecule has 0 bridgehead atoms. The first-order valence-corrected chi connectivity index (χ1v) is 7.70. The molecule has 0 saturated carbocycles. The Morgan fingerprint density at radius 2 is 1.32 bits per heavy atom. The van der Waals surface area contributed by atoms with Crippen LogP contribution in [-0.4, -0.2) is 11.1 Å². The van der Waals surface area contributed by atoms with Crippen molar-refractivity contribution in [2.24, 2.45) is 0 Å². The van der Waals surface area contributed by atoms with Crippen molar-refractivity contribution in [3.63, 3.8) is 0 Å². The molecule has 0 amide bonds. The van der Waals surface area contributed by atoms with Crippen LogP contribution in [0.5, 0.6) is 11.5 Å². The second kappa shape index (κ2) is 7.16. The summed E-state index contributed by atoms with van der Waals surface area (Å²) in [7, 11) is 0. The Kier molecular flexibility index (Phi) is 5.70. The maximum Gasteiger partial charge on any atom is 0.315 e. The molecule has 0 spiro atoms. The molecule has 0 radical (unpaired) electrons. The van der Waals surface area contributed by atoms with Crippen LogP contribution in [0.3, 0.4) is 0 Å². The number of hydrogen-bond acceptors (Lipinski definition) is 3. The van der Waals surface area contributed by atoms with Crippen molar-refractivity contribution in [1.82, 2.24) is 0 Å². The minimum Gasteiger partial charge on any atom is -0.508 e. The number of rotatable bonds is 3. The fourth-order valence-corrected chi connectivity index (χ4v) is 2.80. The third-order valence-corrected chi connectivity index (χ3v) is 4.91. The summed E-state index contributed by atoms with van der Waals surface area (Å²) in [6.07, 6.45) is -0.0508. The fourth-order valence-electron chi connectivity index (χ4n) is 1.60. The van der Waals surface area contributed by atoms with Crippen LogP contribution in [0, 0.1) is 0 Å². The van der Waals surface area contributed by atoms with Gasteiger partial charge in [-0.2, -0.15) is 0 Å². The zero-order chi connectivity index (χ0) is 16.4. The third-order valence-electron chi connectivity index (χ3n) is 2.67. The summed E-state index contributed by atoms with van der Waals surface area (Å²) >= 11 is 29.6. The number of hydrogen-bond donors (Lipinski definition) is 1. The van der Waals surface area contributed by atoms with E-state index in [4.69, 9.17) is 62.7 Å². The first-order valence-electron chi connectivity index (χ1n) is 5.81. The minimum absolute atomic E-state index is 0.0170. The Bertz CT molecular complexity index is 699. The molecule has 3 nitrogen and oxygen atoms in total. The number of halogens is 5. The van der Waals surface area contributed by atoms with Crippen molar-refractivity contribution < 1.29 is 14.6 Å².